The normalized spacial score (nSPS) is 14.5. The molecular weight excluding hydrogens is 244 g/mol. The van der Waals surface area contributed by atoms with Crippen LogP contribution in [0.25, 0.3) is 10.9 Å². The molecule has 1 aliphatic rings. The molecule has 0 bridgehead atoms. The lowest BCUT2D eigenvalue weighted by Crippen LogP contribution is -2.17. The molecule has 0 aliphatic carbocycles. The van der Waals surface area contributed by atoms with E-state index in [4.69, 9.17) is 0 Å². The summed E-state index contributed by atoms with van der Waals surface area (Å²) >= 11 is 3.40. The molecule has 14 heavy (non-hydrogen) atoms. The lowest BCUT2D eigenvalue weighted by atomic mass is 10.2. The molecule has 1 aliphatic heterocycles. The smallest absolute Gasteiger partial charge is 0.326 e. The number of fused-ring (bicyclic) bond motifs is 3. The number of nitrogens with zero attached hydrogens (tertiary/aromatic N) is 1. The Kier molecular flexibility index (Phi) is 1.50. The first-order valence-electron chi connectivity index (χ1n) is 4.34. The zero-order valence-corrected chi connectivity index (χ0v) is 8.84. The lowest BCUT2D eigenvalue weighted by Gasteiger charge is -1.98. The van der Waals surface area contributed by atoms with Gasteiger partial charge in [0.15, 0.2) is 0 Å². The van der Waals surface area contributed by atoms with Crippen molar-refractivity contribution in [1.29, 1.82) is 0 Å². The first-order valence-corrected chi connectivity index (χ1v) is 5.13. The number of carbonyl (C=O) groups excluding carboxylic acids is 1. The minimum absolute atomic E-state index is 0.0342. The van der Waals surface area contributed by atoms with Gasteiger partial charge in [0.25, 0.3) is 0 Å². The third-order valence-corrected chi connectivity index (χ3v) is 2.96. The summed E-state index contributed by atoms with van der Waals surface area (Å²) in [6.07, 6.45) is 0. The molecule has 0 radical (unpaired) electrons. The van der Waals surface area contributed by atoms with Gasteiger partial charge in [-0.25, -0.2) is 4.79 Å². The molecule has 1 aromatic carbocycles. The quantitative estimate of drug-likeness (QED) is 0.766. The summed E-state index contributed by atoms with van der Waals surface area (Å²) in [6, 6.07) is 7.96. The van der Waals surface area contributed by atoms with Crippen LogP contribution in [0, 0.1) is 0 Å². The molecule has 4 heteroatoms. The highest BCUT2D eigenvalue weighted by molar-refractivity contribution is 9.10. The summed E-state index contributed by atoms with van der Waals surface area (Å²) in [4.78, 5) is 11.5. The van der Waals surface area contributed by atoms with E-state index < -0.39 is 0 Å². The number of aromatic nitrogens is 1. The van der Waals surface area contributed by atoms with E-state index in [1.165, 1.54) is 0 Å². The Bertz CT molecular complexity index is 544. The van der Waals surface area contributed by atoms with Crippen LogP contribution >= 0.6 is 15.9 Å². The fourth-order valence-electron chi connectivity index (χ4n) is 1.85. The van der Waals surface area contributed by atoms with Gasteiger partial charge in [0.2, 0.25) is 0 Å². The monoisotopic (exact) mass is 250 g/mol. The Morgan fingerprint density at radius 2 is 2.21 bits per heavy atom. The van der Waals surface area contributed by atoms with E-state index in [0.717, 1.165) is 21.1 Å². The van der Waals surface area contributed by atoms with Crippen LogP contribution in [0.2, 0.25) is 0 Å². The maximum absolute atomic E-state index is 11.5. The second kappa shape index (κ2) is 2.60. The SMILES string of the molecule is O=C1NCc2cc3ccc(Br)cc3n21. The number of hydrogen-bond donors (Lipinski definition) is 1. The summed E-state index contributed by atoms with van der Waals surface area (Å²) in [5.74, 6) is 0. The van der Waals surface area contributed by atoms with Crippen molar-refractivity contribution in [2.75, 3.05) is 0 Å². The third kappa shape index (κ3) is 0.944. The Labute approximate surface area is 88.8 Å². The maximum Gasteiger partial charge on any atom is 0.326 e. The highest BCUT2D eigenvalue weighted by Crippen LogP contribution is 2.25. The molecule has 0 atom stereocenters. The van der Waals surface area contributed by atoms with Gasteiger partial charge in [-0.1, -0.05) is 22.0 Å². The number of nitrogens with one attached hydrogen (secondary N) is 1. The molecule has 1 N–H and O–H groups in total. The molecule has 0 spiro atoms. The van der Waals surface area contributed by atoms with Crippen LogP contribution in [0.1, 0.15) is 5.69 Å². The third-order valence-electron chi connectivity index (χ3n) is 2.47. The molecule has 0 saturated heterocycles. The molecule has 0 saturated carbocycles. The lowest BCUT2D eigenvalue weighted by molar-refractivity contribution is 0.247. The van der Waals surface area contributed by atoms with Crippen molar-refractivity contribution in [3.63, 3.8) is 0 Å². The van der Waals surface area contributed by atoms with Gasteiger partial charge in [0, 0.05) is 15.6 Å². The first-order chi connectivity index (χ1) is 6.75. The Morgan fingerprint density at radius 3 is 3.07 bits per heavy atom. The van der Waals surface area contributed by atoms with E-state index in [1.807, 2.05) is 24.3 Å². The zero-order chi connectivity index (χ0) is 9.71. The molecule has 0 fully saturated rings. The number of rotatable bonds is 0. The first kappa shape index (κ1) is 8.05. The summed E-state index contributed by atoms with van der Waals surface area (Å²) in [5.41, 5.74) is 1.99. The minimum atomic E-state index is -0.0342. The van der Waals surface area contributed by atoms with Crippen molar-refractivity contribution in [1.82, 2.24) is 9.88 Å². The van der Waals surface area contributed by atoms with Crippen LogP contribution in [0.3, 0.4) is 0 Å². The van der Waals surface area contributed by atoms with Crippen LogP contribution < -0.4 is 5.32 Å². The molecule has 1 amide bonds. The van der Waals surface area contributed by atoms with E-state index in [2.05, 4.69) is 21.2 Å². The van der Waals surface area contributed by atoms with Crippen LogP contribution in [-0.4, -0.2) is 10.6 Å². The number of halogens is 1. The number of amides is 1. The average Bonchev–Trinajstić information content (AvgIpc) is 2.67. The Balaban J connectivity index is 2.43. The standard InChI is InChI=1S/C10H7BrN2O/c11-7-2-1-6-3-8-5-12-10(14)13(8)9(6)4-7/h1-4H,5H2,(H,12,14). The second-order valence-corrected chi connectivity index (χ2v) is 4.25. The molecule has 1 aromatic heterocycles. The Morgan fingerprint density at radius 1 is 1.36 bits per heavy atom. The van der Waals surface area contributed by atoms with Crippen molar-refractivity contribution >= 4 is 32.9 Å². The fraction of sp³-hybridized carbons (Fsp3) is 0.100. The predicted molar refractivity (Wildman–Crippen MR) is 57.3 cm³/mol. The van der Waals surface area contributed by atoms with E-state index >= 15 is 0 Å². The molecule has 2 aromatic rings. The van der Waals surface area contributed by atoms with E-state index in [1.54, 1.807) is 4.57 Å². The highest BCUT2D eigenvalue weighted by atomic mass is 79.9. The van der Waals surface area contributed by atoms with Crippen LogP contribution in [-0.2, 0) is 6.54 Å². The number of hydrogen-bond acceptors (Lipinski definition) is 1. The molecule has 70 valence electrons. The predicted octanol–water partition coefficient (Wildman–Crippen LogP) is 2.48. The molecule has 2 heterocycles. The van der Waals surface area contributed by atoms with Gasteiger partial charge < -0.3 is 5.32 Å². The zero-order valence-electron chi connectivity index (χ0n) is 7.25. The van der Waals surface area contributed by atoms with Crippen LogP contribution in [0.5, 0.6) is 0 Å². The van der Waals surface area contributed by atoms with Crippen molar-refractivity contribution in [2.45, 2.75) is 6.54 Å². The maximum atomic E-state index is 11.5. The summed E-state index contributed by atoms with van der Waals surface area (Å²) < 4.78 is 2.71. The summed E-state index contributed by atoms with van der Waals surface area (Å²) in [5, 5.41) is 3.89. The van der Waals surface area contributed by atoms with Crippen molar-refractivity contribution in [2.24, 2.45) is 0 Å². The van der Waals surface area contributed by atoms with Gasteiger partial charge in [-0.3, -0.25) is 4.57 Å². The topological polar surface area (TPSA) is 34.0 Å². The van der Waals surface area contributed by atoms with E-state index in [-0.39, 0.29) is 6.03 Å². The minimum Gasteiger partial charge on any atom is -0.332 e. The average molecular weight is 251 g/mol. The van der Waals surface area contributed by atoms with Gasteiger partial charge in [0.1, 0.15) is 0 Å². The summed E-state index contributed by atoms with van der Waals surface area (Å²) in [7, 11) is 0. The fourth-order valence-corrected chi connectivity index (χ4v) is 2.20. The summed E-state index contributed by atoms with van der Waals surface area (Å²) in [6.45, 7) is 0.630. The van der Waals surface area contributed by atoms with Crippen LogP contribution in [0.15, 0.2) is 28.7 Å². The van der Waals surface area contributed by atoms with E-state index in [9.17, 15) is 4.79 Å². The highest BCUT2D eigenvalue weighted by Gasteiger charge is 2.20. The van der Waals surface area contributed by atoms with Gasteiger partial charge in [-0.05, 0) is 18.2 Å². The molecule has 0 unspecified atom stereocenters. The number of carbonyl (C=O) groups is 1. The van der Waals surface area contributed by atoms with Gasteiger partial charge in [-0.2, -0.15) is 0 Å². The molecular formula is C10H7BrN2O. The van der Waals surface area contributed by atoms with Gasteiger partial charge in [0.05, 0.1) is 12.1 Å². The van der Waals surface area contributed by atoms with E-state index in [0.29, 0.717) is 6.54 Å². The number of benzene rings is 1. The van der Waals surface area contributed by atoms with Gasteiger partial charge in [-0.15, -0.1) is 0 Å². The van der Waals surface area contributed by atoms with Crippen molar-refractivity contribution < 1.29 is 4.79 Å². The second-order valence-electron chi connectivity index (χ2n) is 3.33. The van der Waals surface area contributed by atoms with Crippen LogP contribution in [0.4, 0.5) is 4.79 Å². The van der Waals surface area contributed by atoms with Crippen molar-refractivity contribution in [3.05, 3.63) is 34.4 Å². The largest absolute Gasteiger partial charge is 0.332 e. The Hall–Kier alpha value is -1.29. The molecule has 3 rings (SSSR count). The van der Waals surface area contributed by atoms with Gasteiger partial charge >= 0.3 is 6.03 Å². The van der Waals surface area contributed by atoms with Crippen molar-refractivity contribution in [3.8, 4) is 0 Å². The molecule has 3 nitrogen and oxygen atoms in total.